The fourth-order valence-corrected chi connectivity index (χ4v) is 6.62. The molecule has 0 atom stereocenters. The van der Waals surface area contributed by atoms with E-state index in [9.17, 15) is 4.79 Å². The van der Waals surface area contributed by atoms with Crippen LogP contribution in [0.4, 0.5) is 5.82 Å². The minimum atomic E-state index is 0.0751. The maximum absolute atomic E-state index is 13.5. The molecule has 0 aliphatic carbocycles. The summed E-state index contributed by atoms with van der Waals surface area (Å²) in [7, 11) is 0. The number of carbonyl (C=O) groups excluding carboxylic acids is 1. The van der Waals surface area contributed by atoms with Gasteiger partial charge in [0, 0.05) is 56.7 Å². The molecule has 2 aliphatic rings. The number of amides is 1. The normalized spacial score (nSPS) is 16.1. The minimum Gasteiger partial charge on any atom is -0.378 e. The second kappa shape index (κ2) is 13.7. The van der Waals surface area contributed by atoms with Crippen molar-refractivity contribution in [3.63, 3.8) is 0 Å². The van der Waals surface area contributed by atoms with Crippen molar-refractivity contribution in [3.8, 4) is 0 Å². The molecule has 0 radical (unpaired) electrons. The zero-order valence-corrected chi connectivity index (χ0v) is 25.0. The first kappa shape index (κ1) is 28.7. The van der Waals surface area contributed by atoms with Crippen molar-refractivity contribution in [3.05, 3.63) is 118 Å². The summed E-state index contributed by atoms with van der Waals surface area (Å²) in [5.74, 6) is 1.55. The molecular weight excluding hydrogens is 566 g/mol. The number of thioether (sulfide) groups is 1. The highest BCUT2D eigenvalue weighted by Gasteiger charge is 2.28. The van der Waals surface area contributed by atoms with Gasteiger partial charge in [-0.2, -0.15) is 0 Å². The summed E-state index contributed by atoms with van der Waals surface area (Å²) in [5.41, 5.74) is 4.31. The lowest BCUT2D eigenvalue weighted by Crippen LogP contribution is -2.49. The van der Waals surface area contributed by atoms with E-state index in [4.69, 9.17) is 21.3 Å². The zero-order chi connectivity index (χ0) is 28.7. The smallest absolute Gasteiger partial charge is 0.253 e. The van der Waals surface area contributed by atoms with E-state index >= 15 is 0 Å². The van der Waals surface area contributed by atoms with Crippen LogP contribution in [0.5, 0.6) is 0 Å². The summed E-state index contributed by atoms with van der Waals surface area (Å²) in [6, 6.07) is 31.1. The average Bonchev–Trinajstić information content (AvgIpc) is 3.05. The van der Waals surface area contributed by atoms with Crippen LogP contribution in [0, 0.1) is 0 Å². The molecule has 1 amide bonds. The third-order valence-electron chi connectivity index (χ3n) is 7.74. The van der Waals surface area contributed by atoms with Gasteiger partial charge in [0.1, 0.15) is 11.0 Å². The molecule has 0 N–H and O–H groups in total. The maximum atomic E-state index is 13.5. The summed E-state index contributed by atoms with van der Waals surface area (Å²) in [5, 5.41) is 1.06. The predicted octanol–water partition coefficient (Wildman–Crippen LogP) is 5.81. The van der Waals surface area contributed by atoms with Crippen LogP contribution in [0.15, 0.2) is 96.2 Å². The number of rotatable bonds is 8. The van der Waals surface area contributed by atoms with Crippen LogP contribution >= 0.6 is 23.4 Å². The lowest BCUT2D eigenvalue weighted by molar-refractivity contribution is 0.0597. The average molecular weight is 600 g/mol. The molecule has 0 saturated carbocycles. The summed E-state index contributed by atoms with van der Waals surface area (Å²) >= 11 is 7.85. The summed E-state index contributed by atoms with van der Waals surface area (Å²) < 4.78 is 5.46. The van der Waals surface area contributed by atoms with Crippen LogP contribution in [0.2, 0.25) is 5.15 Å². The number of nitrogens with zero attached hydrogens (tertiary/aromatic N) is 5. The molecule has 42 heavy (non-hydrogen) atoms. The standard InChI is InChI=1S/C33H34ClN5O2S/c34-29-23-30(37-18-20-41-21-19-37)36-33(35-29)42-24-25-8-7-13-28(22-25)32(40)39-16-14-38(15-17-39)31(26-9-3-1-4-10-26)27-11-5-2-6-12-27/h1-13,22-23,31H,14-21,24H2. The first-order valence-corrected chi connectivity index (χ1v) is 15.7. The zero-order valence-electron chi connectivity index (χ0n) is 23.4. The van der Waals surface area contributed by atoms with Crippen LogP contribution in [-0.2, 0) is 10.5 Å². The summed E-state index contributed by atoms with van der Waals surface area (Å²) in [6.45, 7) is 5.94. The van der Waals surface area contributed by atoms with Gasteiger partial charge in [0.25, 0.3) is 5.91 Å². The van der Waals surface area contributed by atoms with Crippen LogP contribution in [0.25, 0.3) is 0 Å². The number of aromatic nitrogens is 2. The van der Waals surface area contributed by atoms with E-state index in [0.29, 0.717) is 47.9 Å². The number of anilines is 1. The molecule has 6 rings (SSSR count). The highest BCUT2D eigenvalue weighted by molar-refractivity contribution is 7.98. The summed E-state index contributed by atoms with van der Waals surface area (Å²) in [6.07, 6.45) is 0. The fraction of sp³-hybridized carbons (Fsp3) is 0.303. The fourth-order valence-electron chi connectivity index (χ4n) is 5.60. The molecule has 1 aromatic heterocycles. The largest absolute Gasteiger partial charge is 0.378 e. The van der Waals surface area contributed by atoms with Crippen molar-refractivity contribution in [2.45, 2.75) is 17.0 Å². The van der Waals surface area contributed by atoms with Crippen LogP contribution in [-0.4, -0.2) is 78.2 Å². The van der Waals surface area contributed by atoms with Gasteiger partial charge >= 0.3 is 0 Å². The van der Waals surface area contributed by atoms with E-state index in [1.54, 1.807) is 6.07 Å². The lowest BCUT2D eigenvalue weighted by Gasteiger charge is -2.39. The highest BCUT2D eigenvalue weighted by atomic mass is 35.5. The summed E-state index contributed by atoms with van der Waals surface area (Å²) in [4.78, 5) is 29.3. The SMILES string of the molecule is O=C(c1cccc(CSc2nc(Cl)cc(N3CCOCC3)n2)c1)N1CCN(C(c2ccccc2)c2ccccc2)CC1. The second-order valence-corrected chi connectivity index (χ2v) is 11.8. The van der Waals surface area contributed by atoms with Gasteiger partial charge in [0.05, 0.1) is 19.3 Å². The number of hydrogen-bond donors (Lipinski definition) is 0. The number of carbonyl (C=O) groups is 1. The van der Waals surface area contributed by atoms with E-state index in [-0.39, 0.29) is 11.9 Å². The molecule has 3 heterocycles. The van der Waals surface area contributed by atoms with Gasteiger partial charge in [-0.05, 0) is 28.8 Å². The van der Waals surface area contributed by atoms with Crippen LogP contribution in [0.1, 0.15) is 33.1 Å². The molecule has 2 fully saturated rings. The van der Waals surface area contributed by atoms with Crippen molar-refractivity contribution in [1.29, 1.82) is 0 Å². The van der Waals surface area contributed by atoms with Crippen molar-refractivity contribution >= 4 is 35.1 Å². The van der Waals surface area contributed by atoms with Gasteiger partial charge in [-0.15, -0.1) is 0 Å². The first-order valence-electron chi connectivity index (χ1n) is 14.4. The number of morpholine rings is 1. The van der Waals surface area contributed by atoms with E-state index in [2.05, 4.69) is 75.4 Å². The number of ether oxygens (including phenoxy) is 1. The number of piperazine rings is 1. The van der Waals surface area contributed by atoms with E-state index in [0.717, 1.165) is 37.6 Å². The molecule has 0 spiro atoms. The molecule has 4 aromatic rings. The Bertz CT molecular complexity index is 1440. The number of benzene rings is 3. The molecule has 2 aliphatic heterocycles. The Balaban J connectivity index is 1.09. The molecular formula is C33H34ClN5O2S. The van der Waals surface area contributed by atoms with Crippen molar-refractivity contribution in [2.24, 2.45) is 0 Å². The van der Waals surface area contributed by atoms with E-state index in [1.165, 1.54) is 22.9 Å². The van der Waals surface area contributed by atoms with Gasteiger partial charge in [-0.3, -0.25) is 9.69 Å². The van der Waals surface area contributed by atoms with Crippen LogP contribution < -0.4 is 4.90 Å². The third-order valence-corrected chi connectivity index (χ3v) is 8.85. The molecule has 7 nitrogen and oxygen atoms in total. The topological polar surface area (TPSA) is 61.8 Å². The van der Waals surface area contributed by atoms with E-state index in [1.807, 2.05) is 29.2 Å². The Morgan fingerprint density at radius 1 is 0.810 bits per heavy atom. The molecule has 216 valence electrons. The molecule has 2 saturated heterocycles. The minimum absolute atomic E-state index is 0.0751. The number of hydrogen-bond acceptors (Lipinski definition) is 7. The Morgan fingerprint density at radius 2 is 1.48 bits per heavy atom. The Hall–Kier alpha value is -3.43. The Kier molecular flexibility index (Phi) is 9.35. The second-order valence-electron chi connectivity index (χ2n) is 10.5. The third kappa shape index (κ3) is 6.95. The number of halogens is 1. The Labute approximate surface area is 256 Å². The van der Waals surface area contributed by atoms with Crippen LogP contribution in [0.3, 0.4) is 0 Å². The van der Waals surface area contributed by atoms with Crippen molar-refractivity contribution in [2.75, 3.05) is 57.4 Å². The van der Waals surface area contributed by atoms with Crippen molar-refractivity contribution < 1.29 is 9.53 Å². The molecule has 9 heteroatoms. The predicted molar refractivity (Wildman–Crippen MR) is 168 cm³/mol. The molecule has 0 bridgehead atoms. The highest BCUT2D eigenvalue weighted by Crippen LogP contribution is 2.30. The van der Waals surface area contributed by atoms with Gasteiger partial charge in [-0.1, -0.05) is 96.2 Å². The maximum Gasteiger partial charge on any atom is 0.253 e. The van der Waals surface area contributed by atoms with Crippen molar-refractivity contribution in [1.82, 2.24) is 19.8 Å². The molecule has 0 unspecified atom stereocenters. The lowest BCUT2D eigenvalue weighted by atomic mass is 9.96. The first-order chi connectivity index (χ1) is 20.6. The van der Waals surface area contributed by atoms with Gasteiger partial charge in [0.15, 0.2) is 5.16 Å². The molecule has 3 aromatic carbocycles. The van der Waals surface area contributed by atoms with Gasteiger partial charge in [-0.25, -0.2) is 9.97 Å². The monoisotopic (exact) mass is 599 g/mol. The van der Waals surface area contributed by atoms with E-state index < -0.39 is 0 Å². The van der Waals surface area contributed by atoms with Gasteiger partial charge in [0.2, 0.25) is 0 Å². The van der Waals surface area contributed by atoms with Gasteiger partial charge < -0.3 is 14.5 Å². The Morgan fingerprint density at radius 3 is 2.14 bits per heavy atom. The quantitative estimate of drug-likeness (QED) is 0.144.